The van der Waals surface area contributed by atoms with Crippen molar-refractivity contribution in [2.24, 2.45) is 5.41 Å². The van der Waals surface area contributed by atoms with Crippen LogP contribution in [0.15, 0.2) is 42.5 Å². The number of halogens is 1. The van der Waals surface area contributed by atoms with E-state index in [1.807, 2.05) is 36.4 Å². The van der Waals surface area contributed by atoms with Crippen molar-refractivity contribution in [3.63, 3.8) is 0 Å². The second kappa shape index (κ2) is 9.45. The highest BCUT2D eigenvalue weighted by Gasteiger charge is 2.26. The summed E-state index contributed by atoms with van der Waals surface area (Å²) in [6.45, 7) is 8.65. The Kier molecular flexibility index (Phi) is 7.12. The second-order valence-corrected chi connectivity index (χ2v) is 9.89. The lowest BCUT2D eigenvalue weighted by Crippen LogP contribution is -2.31. The van der Waals surface area contributed by atoms with Crippen LogP contribution in [0.25, 0.3) is 0 Å². The third-order valence-corrected chi connectivity index (χ3v) is 5.79. The van der Waals surface area contributed by atoms with E-state index in [0.717, 1.165) is 30.8 Å². The molecule has 0 spiro atoms. The molecule has 2 aromatic rings. The number of rotatable bonds is 7. The molecule has 2 atom stereocenters. The molecule has 0 bridgehead atoms. The zero-order valence-electron chi connectivity index (χ0n) is 19.6. The minimum atomic E-state index is -0.883. The molecule has 2 unspecified atom stereocenters. The van der Waals surface area contributed by atoms with Crippen LogP contribution in [0.2, 0.25) is 0 Å². The van der Waals surface area contributed by atoms with Gasteiger partial charge in [-0.2, -0.15) is 0 Å². The number of likely N-dealkylation sites (N-methyl/N-ethyl adjacent to an activating group) is 1. The maximum atomic E-state index is 14.9. The molecule has 5 nitrogen and oxygen atoms in total. The predicted molar refractivity (Wildman–Crippen MR) is 125 cm³/mol. The van der Waals surface area contributed by atoms with Crippen molar-refractivity contribution in [2.45, 2.75) is 39.5 Å². The maximum absolute atomic E-state index is 14.9. The molecule has 6 heteroatoms. The molecule has 0 aliphatic carbocycles. The zero-order valence-corrected chi connectivity index (χ0v) is 19.6. The van der Waals surface area contributed by atoms with Crippen LogP contribution in [0.5, 0.6) is 5.75 Å². The van der Waals surface area contributed by atoms with Gasteiger partial charge in [-0.3, -0.25) is 0 Å². The Morgan fingerprint density at radius 1 is 1.13 bits per heavy atom. The van der Waals surface area contributed by atoms with Crippen molar-refractivity contribution in [1.82, 2.24) is 4.90 Å². The summed E-state index contributed by atoms with van der Waals surface area (Å²) in [4.78, 5) is 5.96. The van der Waals surface area contributed by atoms with Gasteiger partial charge in [0.1, 0.15) is 11.6 Å². The van der Waals surface area contributed by atoms with Crippen molar-refractivity contribution < 1.29 is 14.2 Å². The Hall–Kier alpha value is -2.31. The van der Waals surface area contributed by atoms with Gasteiger partial charge in [-0.15, -0.1) is 0 Å². The van der Waals surface area contributed by atoms with E-state index in [0.29, 0.717) is 24.0 Å². The summed E-state index contributed by atoms with van der Waals surface area (Å²) in [5.74, 6) is 0.507. The molecule has 0 aromatic heterocycles. The van der Waals surface area contributed by atoms with E-state index in [9.17, 15) is 9.50 Å². The largest absolute Gasteiger partial charge is 0.493 e. The molecule has 3 rings (SSSR count). The first kappa shape index (κ1) is 23.4. The fourth-order valence-electron chi connectivity index (χ4n) is 3.75. The van der Waals surface area contributed by atoms with Gasteiger partial charge in [-0.25, -0.2) is 4.39 Å². The molecule has 1 aliphatic heterocycles. The molecule has 1 aliphatic rings. The van der Waals surface area contributed by atoms with E-state index >= 15 is 0 Å². The Morgan fingerprint density at radius 3 is 2.35 bits per heavy atom. The second-order valence-electron chi connectivity index (χ2n) is 9.89. The number of hydrogen-bond donors (Lipinski definition) is 1. The smallest absolute Gasteiger partial charge is 0.153 e. The monoisotopic (exact) mass is 429 g/mol. The van der Waals surface area contributed by atoms with E-state index < -0.39 is 6.23 Å². The highest BCUT2D eigenvalue weighted by atomic mass is 19.1. The fourth-order valence-corrected chi connectivity index (χ4v) is 3.75. The molecule has 1 fully saturated rings. The predicted octanol–water partition coefficient (Wildman–Crippen LogP) is 4.52. The summed E-state index contributed by atoms with van der Waals surface area (Å²) < 4.78 is 20.7. The zero-order chi connectivity index (χ0) is 22.8. The minimum Gasteiger partial charge on any atom is -0.493 e. The number of nitrogens with zero attached hydrogens (tertiary/aromatic N) is 3. The molecule has 0 saturated carbocycles. The molecular formula is C25H36FN3O2. The summed E-state index contributed by atoms with van der Waals surface area (Å²) >= 11 is 0. The highest BCUT2D eigenvalue weighted by Crippen LogP contribution is 2.31. The average Bonchev–Trinajstić information content (AvgIpc) is 3.21. The van der Waals surface area contributed by atoms with Gasteiger partial charge in [0.15, 0.2) is 6.23 Å². The Balaban J connectivity index is 1.67. The van der Waals surface area contributed by atoms with E-state index in [4.69, 9.17) is 4.74 Å². The fraction of sp³-hybridized carbons (Fsp3) is 0.520. The van der Waals surface area contributed by atoms with Gasteiger partial charge >= 0.3 is 0 Å². The molecular weight excluding hydrogens is 393 g/mol. The standard InChI is InChI=1S/C25H36FN3O2/c1-25(2,3)17-31-21-10-7-18(8-11-21)24(30)28(6)19-9-12-23(22(26)15-19)29-14-13-20(16-29)27(4)5/h7-12,15,20,24,30H,13-14,16-17H2,1-6H3. The van der Waals surface area contributed by atoms with Crippen LogP contribution in [0.4, 0.5) is 15.8 Å². The van der Waals surface area contributed by atoms with E-state index in [2.05, 4.69) is 44.7 Å². The number of aliphatic hydroxyl groups is 1. The topological polar surface area (TPSA) is 39.2 Å². The molecule has 2 aromatic carbocycles. The van der Waals surface area contributed by atoms with Crippen molar-refractivity contribution in [1.29, 1.82) is 0 Å². The van der Waals surface area contributed by atoms with E-state index in [1.165, 1.54) is 6.07 Å². The molecule has 1 N–H and O–H groups in total. The maximum Gasteiger partial charge on any atom is 0.153 e. The van der Waals surface area contributed by atoms with Gasteiger partial charge in [0.25, 0.3) is 0 Å². The SMILES string of the molecule is CN(C)C1CCN(c2ccc(N(C)C(O)c3ccc(OCC(C)(C)C)cc3)cc2F)C1. The third-order valence-electron chi connectivity index (χ3n) is 5.79. The van der Waals surface area contributed by atoms with Crippen molar-refractivity contribution in [2.75, 3.05) is 50.6 Å². The van der Waals surface area contributed by atoms with Crippen molar-refractivity contribution >= 4 is 11.4 Å². The van der Waals surface area contributed by atoms with Crippen molar-refractivity contribution in [3.8, 4) is 5.75 Å². The molecule has 0 radical (unpaired) electrons. The van der Waals surface area contributed by atoms with Gasteiger partial charge in [0.05, 0.1) is 12.3 Å². The quantitative estimate of drug-likeness (QED) is 0.656. The van der Waals surface area contributed by atoms with Gasteiger partial charge < -0.3 is 24.5 Å². The summed E-state index contributed by atoms with van der Waals surface area (Å²) in [5.41, 5.74) is 2.06. The normalized spacial score (nSPS) is 17.8. The number of benzene rings is 2. The molecule has 170 valence electrons. The number of hydrogen-bond acceptors (Lipinski definition) is 5. The van der Waals surface area contributed by atoms with Crippen molar-refractivity contribution in [3.05, 3.63) is 53.8 Å². The molecule has 0 amide bonds. The lowest BCUT2D eigenvalue weighted by Gasteiger charge is -2.28. The van der Waals surface area contributed by atoms with Crippen LogP contribution in [0.3, 0.4) is 0 Å². The molecule has 1 heterocycles. The van der Waals surface area contributed by atoms with Crippen LogP contribution in [-0.4, -0.2) is 56.9 Å². The third kappa shape index (κ3) is 5.89. The Morgan fingerprint density at radius 2 is 1.81 bits per heavy atom. The first-order valence-electron chi connectivity index (χ1n) is 10.9. The summed E-state index contributed by atoms with van der Waals surface area (Å²) in [6, 6.07) is 13.0. The van der Waals surface area contributed by atoms with Crippen LogP contribution >= 0.6 is 0 Å². The van der Waals surface area contributed by atoms with Crippen LogP contribution in [0, 0.1) is 11.2 Å². The van der Waals surface area contributed by atoms with Crippen LogP contribution < -0.4 is 14.5 Å². The van der Waals surface area contributed by atoms with Gasteiger partial charge in [0, 0.05) is 37.4 Å². The lowest BCUT2D eigenvalue weighted by molar-refractivity contribution is 0.177. The Bertz CT molecular complexity index is 864. The average molecular weight is 430 g/mol. The lowest BCUT2D eigenvalue weighted by atomic mass is 9.99. The highest BCUT2D eigenvalue weighted by molar-refractivity contribution is 5.58. The van der Waals surface area contributed by atoms with E-state index in [1.54, 1.807) is 11.9 Å². The molecule has 1 saturated heterocycles. The first-order valence-corrected chi connectivity index (χ1v) is 10.9. The van der Waals surface area contributed by atoms with Crippen LogP contribution in [-0.2, 0) is 0 Å². The first-order chi connectivity index (χ1) is 14.5. The Labute approximate surface area is 186 Å². The summed E-state index contributed by atoms with van der Waals surface area (Å²) in [6.07, 6.45) is 0.147. The molecule has 31 heavy (non-hydrogen) atoms. The van der Waals surface area contributed by atoms with Crippen LogP contribution in [0.1, 0.15) is 39.0 Å². The number of aliphatic hydroxyl groups excluding tert-OH is 1. The van der Waals surface area contributed by atoms with Gasteiger partial charge in [-0.1, -0.05) is 32.9 Å². The van der Waals surface area contributed by atoms with E-state index in [-0.39, 0.29) is 11.2 Å². The summed E-state index contributed by atoms with van der Waals surface area (Å²) in [7, 11) is 5.89. The van der Waals surface area contributed by atoms with Gasteiger partial charge in [-0.05, 0) is 56.3 Å². The number of ether oxygens (including phenoxy) is 1. The summed E-state index contributed by atoms with van der Waals surface area (Å²) in [5, 5.41) is 10.8. The van der Waals surface area contributed by atoms with Gasteiger partial charge in [0.2, 0.25) is 0 Å². The number of anilines is 2. The minimum absolute atomic E-state index is 0.0804.